The Morgan fingerprint density at radius 1 is 1.07 bits per heavy atom. The van der Waals surface area contributed by atoms with Gasteiger partial charge in [-0.1, -0.05) is 13.8 Å². The van der Waals surface area contributed by atoms with Gasteiger partial charge in [0.1, 0.15) is 11.4 Å². The zero-order chi connectivity index (χ0) is 22.6. The van der Waals surface area contributed by atoms with Gasteiger partial charge in [-0.3, -0.25) is 9.69 Å². The Hall–Kier alpha value is -2.77. The molecule has 0 fully saturated rings. The van der Waals surface area contributed by atoms with Gasteiger partial charge in [-0.05, 0) is 38.5 Å². The van der Waals surface area contributed by atoms with Crippen LogP contribution in [0, 0.1) is 17.5 Å². The minimum atomic E-state index is -1.30. The lowest BCUT2D eigenvalue weighted by atomic mass is 9.90. The van der Waals surface area contributed by atoms with Crippen LogP contribution in [0.2, 0.25) is 0 Å². The minimum absolute atomic E-state index is 0.146. The first-order valence-electron chi connectivity index (χ1n) is 9.58. The van der Waals surface area contributed by atoms with Crippen molar-refractivity contribution in [2.75, 3.05) is 11.4 Å². The van der Waals surface area contributed by atoms with Crippen LogP contribution in [-0.4, -0.2) is 22.8 Å². The van der Waals surface area contributed by atoms with E-state index in [1.165, 1.54) is 15.5 Å². The molecule has 0 spiro atoms. The van der Waals surface area contributed by atoms with Gasteiger partial charge in [0.25, 0.3) is 5.56 Å². The summed E-state index contributed by atoms with van der Waals surface area (Å²) in [4.78, 5) is 27.2. The van der Waals surface area contributed by atoms with Gasteiger partial charge in [0.15, 0.2) is 11.6 Å². The lowest BCUT2D eigenvalue weighted by Gasteiger charge is -2.25. The van der Waals surface area contributed by atoms with Crippen LogP contribution in [-0.2, 0) is 23.6 Å². The number of amides is 1. The van der Waals surface area contributed by atoms with E-state index < -0.39 is 40.1 Å². The summed E-state index contributed by atoms with van der Waals surface area (Å²) in [6, 6.07) is 2.71. The zero-order valence-corrected chi connectivity index (χ0v) is 17.9. The number of hydrogen-bond donors (Lipinski definition) is 0. The molecule has 0 saturated heterocycles. The fourth-order valence-corrected chi connectivity index (χ4v) is 3.86. The number of halogens is 3. The molecule has 2 aromatic rings. The van der Waals surface area contributed by atoms with Crippen LogP contribution in [0.5, 0.6) is 0 Å². The average molecular weight is 422 g/mol. The van der Waals surface area contributed by atoms with Crippen LogP contribution < -0.4 is 10.5 Å². The van der Waals surface area contributed by atoms with Gasteiger partial charge in [0.2, 0.25) is 0 Å². The molecule has 0 saturated carbocycles. The maximum atomic E-state index is 14.1. The molecular formula is C22H25F3N2O3. The van der Waals surface area contributed by atoms with Gasteiger partial charge in [0.05, 0.1) is 11.4 Å². The highest BCUT2D eigenvalue weighted by Crippen LogP contribution is 2.40. The van der Waals surface area contributed by atoms with Crippen molar-refractivity contribution in [2.24, 2.45) is 7.05 Å². The molecule has 1 amide bonds. The quantitative estimate of drug-likeness (QED) is 0.673. The third-order valence-corrected chi connectivity index (χ3v) is 5.04. The second-order valence-corrected chi connectivity index (χ2v) is 9.25. The summed E-state index contributed by atoms with van der Waals surface area (Å²) in [6.07, 6.45) is -0.802. The van der Waals surface area contributed by atoms with E-state index in [0.717, 1.165) is 6.07 Å². The normalized spacial score (nSPS) is 15.3. The van der Waals surface area contributed by atoms with Crippen LogP contribution in [0.15, 0.2) is 23.0 Å². The van der Waals surface area contributed by atoms with Crippen molar-refractivity contribution in [1.29, 1.82) is 0 Å². The summed E-state index contributed by atoms with van der Waals surface area (Å²) in [5.41, 5.74) is -0.479. The van der Waals surface area contributed by atoms with E-state index in [2.05, 4.69) is 0 Å². The predicted octanol–water partition coefficient (Wildman–Crippen LogP) is 4.43. The van der Waals surface area contributed by atoms with Crippen molar-refractivity contribution >= 4 is 11.8 Å². The summed E-state index contributed by atoms with van der Waals surface area (Å²) in [5.74, 6) is -3.43. The van der Waals surface area contributed by atoms with Gasteiger partial charge in [-0.15, -0.1) is 0 Å². The number of rotatable bonds is 2. The molecule has 8 heteroatoms. The third-order valence-electron chi connectivity index (χ3n) is 5.04. The Morgan fingerprint density at radius 3 is 2.27 bits per heavy atom. The molecule has 3 rings (SSSR count). The Balaban J connectivity index is 2.10. The van der Waals surface area contributed by atoms with E-state index in [-0.39, 0.29) is 17.5 Å². The first-order chi connectivity index (χ1) is 13.7. The SMILES string of the molecule is Cn1c2c(cc(Cc3cc(F)c(F)cc3F)c1=O)N(C(=O)OC(C)(C)C)CC2(C)C. The molecule has 162 valence electrons. The van der Waals surface area contributed by atoms with E-state index in [0.29, 0.717) is 24.0 Å². The second kappa shape index (κ2) is 7.18. The summed E-state index contributed by atoms with van der Waals surface area (Å²) < 4.78 is 47.9. The first-order valence-corrected chi connectivity index (χ1v) is 9.58. The fourth-order valence-electron chi connectivity index (χ4n) is 3.86. The summed E-state index contributed by atoms with van der Waals surface area (Å²) in [5, 5.41) is 0. The van der Waals surface area contributed by atoms with Crippen molar-refractivity contribution in [2.45, 2.75) is 52.1 Å². The van der Waals surface area contributed by atoms with Crippen LogP contribution in [0.25, 0.3) is 0 Å². The molecule has 2 heterocycles. The van der Waals surface area contributed by atoms with Crippen LogP contribution >= 0.6 is 0 Å². The molecule has 5 nitrogen and oxygen atoms in total. The van der Waals surface area contributed by atoms with E-state index >= 15 is 0 Å². The zero-order valence-electron chi connectivity index (χ0n) is 17.9. The molecule has 0 unspecified atom stereocenters. The van der Waals surface area contributed by atoms with Crippen LogP contribution in [0.3, 0.4) is 0 Å². The lowest BCUT2D eigenvalue weighted by Crippen LogP contribution is -2.38. The standard InChI is InChI=1S/C22H25F3N2O3/c1-21(2,3)30-20(29)27-11-22(4,5)18-17(27)9-13(19(28)26(18)6)7-12-8-15(24)16(25)10-14(12)23/h8-10H,7,11H2,1-6H3. The topological polar surface area (TPSA) is 51.5 Å². The molecule has 0 atom stereocenters. The highest BCUT2D eigenvalue weighted by molar-refractivity contribution is 5.91. The van der Waals surface area contributed by atoms with Crippen LogP contribution in [0.4, 0.5) is 23.7 Å². The summed E-state index contributed by atoms with van der Waals surface area (Å²) in [7, 11) is 1.58. The summed E-state index contributed by atoms with van der Waals surface area (Å²) in [6.45, 7) is 9.38. The van der Waals surface area contributed by atoms with E-state index in [1.807, 2.05) is 13.8 Å². The van der Waals surface area contributed by atoms with Gasteiger partial charge in [-0.2, -0.15) is 0 Å². The number of hydrogen-bond acceptors (Lipinski definition) is 3. The van der Waals surface area contributed by atoms with Gasteiger partial charge in [0, 0.05) is 37.1 Å². The molecule has 0 bridgehead atoms. The predicted molar refractivity (Wildman–Crippen MR) is 107 cm³/mol. The molecule has 30 heavy (non-hydrogen) atoms. The monoisotopic (exact) mass is 422 g/mol. The summed E-state index contributed by atoms with van der Waals surface area (Å²) >= 11 is 0. The van der Waals surface area contributed by atoms with Crippen molar-refractivity contribution in [3.8, 4) is 0 Å². The molecule has 1 aromatic heterocycles. The lowest BCUT2D eigenvalue weighted by molar-refractivity contribution is 0.0579. The number of ether oxygens (including phenoxy) is 1. The second-order valence-electron chi connectivity index (χ2n) is 9.25. The molecule has 0 radical (unpaired) electrons. The maximum absolute atomic E-state index is 14.1. The van der Waals surface area contributed by atoms with Gasteiger partial charge < -0.3 is 9.30 Å². The number of benzene rings is 1. The van der Waals surface area contributed by atoms with E-state index in [4.69, 9.17) is 4.74 Å². The molecule has 0 N–H and O–H groups in total. The smallest absolute Gasteiger partial charge is 0.414 e. The number of aromatic nitrogens is 1. The fraction of sp³-hybridized carbons (Fsp3) is 0.455. The Labute approximate surface area is 173 Å². The van der Waals surface area contributed by atoms with E-state index in [1.54, 1.807) is 27.8 Å². The van der Waals surface area contributed by atoms with Gasteiger partial charge in [-0.25, -0.2) is 18.0 Å². The van der Waals surface area contributed by atoms with Crippen molar-refractivity contribution < 1.29 is 22.7 Å². The van der Waals surface area contributed by atoms with Crippen molar-refractivity contribution in [3.05, 3.63) is 62.8 Å². The number of anilines is 1. The largest absolute Gasteiger partial charge is 0.443 e. The molecule has 1 aromatic carbocycles. The number of carbonyl (C=O) groups is 1. The first kappa shape index (κ1) is 21.9. The Morgan fingerprint density at radius 2 is 1.67 bits per heavy atom. The highest BCUT2D eigenvalue weighted by Gasteiger charge is 2.42. The molecular weight excluding hydrogens is 397 g/mol. The highest BCUT2D eigenvalue weighted by atomic mass is 19.2. The minimum Gasteiger partial charge on any atom is -0.443 e. The average Bonchev–Trinajstić information content (AvgIpc) is 2.86. The van der Waals surface area contributed by atoms with Crippen LogP contribution in [0.1, 0.15) is 51.4 Å². The molecule has 1 aliphatic rings. The Bertz CT molecular complexity index is 1080. The third kappa shape index (κ3) is 3.95. The van der Waals surface area contributed by atoms with Crippen molar-refractivity contribution in [3.63, 3.8) is 0 Å². The number of fused-ring (bicyclic) bond motifs is 1. The molecule has 1 aliphatic heterocycles. The number of carbonyl (C=O) groups excluding carboxylic acids is 1. The number of pyridine rings is 1. The van der Waals surface area contributed by atoms with Crippen molar-refractivity contribution in [1.82, 2.24) is 4.57 Å². The van der Waals surface area contributed by atoms with E-state index in [9.17, 15) is 22.8 Å². The maximum Gasteiger partial charge on any atom is 0.414 e. The number of nitrogens with zero attached hydrogens (tertiary/aromatic N) is 2. The van der Waals surface area contributed by atoms with Gasteiger partial charge >= 0.3 is 6.09 Å². The Kier molecular flexibility index (Phi) is 5.25. The molecule has 0 aliphatic carbocycles.